The molecule has 5 nitrogen and oxygen atoms in total. The second-order valence-electron chi connectivity index (χ2n) is 6.23. The molecule has 0 aromatic heterocycles. The molecule has 0 saturated carbocycles. The van der Waals surface area contributed by atoms with Gasteiger partial charge in [-0.3, -0.25) is 9.91 Å². The molecular formula is C19H21F2N3O2. The number of hydrogen-bond donors (Lipinski definition) is 0. The van der Waals surface area contributed by atoms with Gasteiger partial charge in [-0.25, -0.2) is 8.78 Å². The lowest BCUT2D eigenvalue weighted by molar-refractivity contribution is 0.0453. The average molecular weight is 361 g/mol. The van der Waals surface area contributed by atoms with Gasteiger partial charge in [0.15, 0.2) is 0 Å². The molecule has 0 amide bonds. The summed E-state index contributed by atoms with van der Waals surface area (Å²) in [6, 6.07) is 12.3. The molecule has 2 aromatic rings. The number of benzene rings is 2. The predicted molar refractivity (Wildman–Crippen MR) is 94.4 cm³/mol. The summed E-state index contributed by atoms with van der Waals surface area (Å²) in [6.45, 7) is 3.92. The Bertz CT molecular complexity index is 656. The number of rotatable bonds is 7. The van der Waals surface area contributed by atoms with Crippen molar-refractivity contribution in [2.75, 3.05) is 39.3 Å². The number of nitrogens with zero attached hydrogens (tertiary/aromatic N) is 3. The first-order valence-corrected chi connectivity index (χ1v) is 8.59. The molecule has 1 aliphatic heterocycles. The highest BCUT2D eigenvalue weighted by Gasteiger charge is 2.18. The highest BCUT2D eigenvalue weighted by molar-refractivity contribution is 5.30. The molecule has 0 radical (unpaired) electrons. The molecule has 1 fully saturated rings. The molecule has 2 aromatic carbocycles. The van der Waals surface area contributed by atoms with E-state index in [-0.39, 0.29) is 11.6 Å². The van der Waals surface area contributed by atoms with E-state index in [9.17, 15) is 13.7 Å². The van der Waals surface area contributed by atoms with E-state index < -0.39 is 6.10 Å². The van der Waals surface area contributed by atoms with Crippen LogP contribution in [0.4, 0.5) is 8.78 Å². The molecule has 0 N–H and O–H groups in total. The van der Waals surface area contributed by atoms with E-state index in [2.05, 4.69) is 10.2 Å². The summed E-state index contributed by atoms with van der Waals surface area (Å²) in [5.41, 5.74) is 1.63. The molecule has 0 unspecified atom stereocenters. The van der Waals surface area contributed by atoms with Crippen molar-refractivity contribution in [3.05, 3.63) is 76.2 Å². The molecule has 26 heavy (non-hydrogen) atoms. The largest absolute Gasteiger partial charge is 0.367 e. The number of hydrogen-bond acceptors (Lipinski definition) is 4. The summed E-state index contributed by atoms with van der Waals surface area (Å²) in [6.07, 6.45) is -0.394. The van der Waals surface area contributed by atoms with E-state index in [1.54, 1.807) is 24.3 Å². The topological polar surface area (TPSA) is 45.1 Å². The fourth-order valence-corrected chi connectivity index (χ4v) is 3.00. The number of nitroso groups, excluding NO2 is 1. The van der Waals surface area contributed by atoms with Crippen LogP contribution in [0.15, 0.2) is 53.8 Å². The van der Waals surface area contributed by atoms with Crippen LogP contribution < -0.4 is 0 Å². The number of piperazine rings is 1. The Morgan fingerprint density at radius 2 is 1.38 bits per heavy atom. The van der Waals surface area contributed by atoms with Crippen LogP contribution in [0.1, 0.15) is 17.2 Å². The van der Waals surface area contributed by atoms with Gasteiger partial charge in [0.05, 0.1) is 25.0 Å². The number of ether oxygens (including phenoxy) is 1. The van der Waals surface area contributed by atoms with Crippen LogP contribution in [-0.4, -0.2) is 49.2 Å². The average Bonchev–Trinajstić information content (AvgIpc) is 2.68. The molecule has 3 rings (SSSR count). The standard InChI is InChI=1S/C19H21F2N3O2/c20-17-5-1-15(2-6-17)19(16-3-7-18(21)8-4-16)26-14-13-23-9-11-24(22-25)12-10-23/h1-8,19H,9-14H2. The van der Waals surface area contributed by atoms with Crippen molar-refractivity contribution >= 4 is 0 Å². The van der Waals surface area contributed by atoms with Crippen molar-refractivity contribution < 1.29 is 13.5 Å². The van der Waals surface area contributed by atoms with Crippen LogP contribution in [0.2, 0.25) is 0 Å². The molecule has 1 aliphatic rings. The van der Waals surface area contributed by atoms with Crippen molar-refractivity contribution in [3.8, 4) is 0 Å². The molecule has 0 atom stereocenters. The first kappa shape index (κ1) is 18.4. The second-order valence-corrected chi connectivity index (χ2v) is 6.23. The van der Waals surface area contributed by atoms with Gasteiger partial charge in [-0.15, -0.1) is 4.91 Å². The second kappa shape index (κ2) is 8.82. The molecule has 0 aliphatic carbocycles. The minimum Gasteiger partial charge on any atom is -0.367 e. The van der Waals surface area contributed by atoms with Crippen LogP contribution in [-0.2, 0) is 4.74 Å². The Balaban J connectivity index is 1.63. The molecular weight excluding hydrogens is 340 g/mol. The summed E-state index contributed by atoms with van der Waals surface area (Å²) in [4.78, 5) is 12.7. The Morgan fingerprint density at radius 1 is 0.885 bits per heavy atom. The Morgan fingerprint density at radius 3 is 1.85 bits per heavy atom. The Labute approximate surface area is 151 Å². The van der Waals surface area contributed by atoms with Crippen molar-refractivity contribution in [2.45, 2.75) is 6.10 Å². The lowest BCUT2D eigenvalue weighted by Crippen LogP contribution is -2.45. The van der Waals surface area contributed by atoms with E-state index in [0.29, 0.717) is 26.2 Å². The van der Waals surface area contributed by atoms with Gasteiger partial charge < -0.3 is 4.74 Å². The van der Waals surface area contributed by atoms with E-state index in [4.69, 9.17) is 4.74 Å². The normalized spacial score (nSPS) is 15.4. The van der Waals surface area contributed by atoms with Gasteiger partial charge in [0.25, 0.3) is 0 Å². The maximum Gasteiger partial charge on any atom is 0.123 e. The van der Waals surface area contributed by atoms with Crippen LogP contribution >= 0.6 is 0 Å². The van der Waals surface area contributed by atoms with Crippen molar-refractivity contribution in [1.82, 2.24) is 9.91 Å². The van der Waals surface area contributed by atoms with E-state index >= 15 is 0 Å². The van der Waals surface area contributed by atoms with Gasteiger partial charge in [-0.05, 0) is 35.4 Å². The monoisotopic (exact) mass is 361 g/mol. The molecule has 1 heterocycles. The zero-order valence-corrected chi connectivity index (χ0v) is 14.4. The molecule has 0 spiro atoms. The third-order valence-corrected chi connectivity index (χ3v) is 4.50. The zero-order chi connectivity index (χ0) is 18.4. The number of halogens is 2. The Kier molecular flexibility index (Phi) is 6.25. The lowest BCUT2D eigenvalue weighted by Gasteiger charge is -2.31. The van der Waals surface area contributed by atoms with E-state index in [1.165, 1.54) is 29.3 Å². The summed E-state index contributed by atoms with van der Waals surface area (Å²) < 4.78 is 32.5. The van der Waals surface area contributed by atoms with Crippen LogP contribution in [0.3, 0.4) is 0 Å². The molecule has 1 saturated heterocycles. The van der Waals surface area contributed by atoms with Gasteiger partial charge in [0.1, 0.15) is 17.7 Å². The van der Waals surface area contributed by atoms with Crippen LogP contribution in [0.25, 0.3) is 0 Å². The predicted octanol–water partition coefficient (Wildman–Crippen LogP) is 3.37. The quantitative estimate of drug-likeness (QED) is 0.710. The van der Waals surface area contributed by atoms with Gasteiger partial charge in [0.2, 0.25) is 0 Å². The van der Waals surface area contributed by atoms with E-state index in [1.807, 2.05) is 0 Å². The van der Waals surface area contributed by atoms with Crippen molar-refractivity contribution in [3.63, 3.8) is 0 Å². The van der Waals surface area contributed by atoms with Crippen molar-refractivity contribution in [2.24, 2.45) is 5.29 Å². The van der Waals surface area contributed by atoms with Crippen LogP contribution in [0, 0.1) is 16.5 Å². The third-order valence-electron chi connectivity index (χ3n) is 4.50. The fraction of sp³-hybridized carbons (Fsp3) is 0.368. The Hall–Kier alpha value is -2.38. The van der Waals surface area contributed by atoms with Gasteiger partial charge in [0, 0.05) is 19.6 Å². The summed E-state index contributed by atoms with van der Waals surface area (Å²) in [7, 11) is 0. The van der Waals surface area contributed by atoms with Gasteiger partial charge >= 0.3 is 0 Å². The third kappa shape index (κ3) is 4.83. The first-order valence-electron chi connectivity index (χ1n) is 8.59. The molecule has 7 heteroatoms. The molecule has 138 valence electrons. The maximum atomic E-state index is 13.2. The minimum absolute atomic E-state index is 0.312. The smallest absolute Gasteiger partial charge is 0.123 e. The zero-order valence-electron chi connectivity index (χ0n) is 14.4. The fourth-order valence-electron chi connectivity index (χ4n) is 3.00. The SMILES string of the molecule is O=NN1CCN(CCOC(c2ccc(F)cc2)c2ccc(F)cc2)CC1. The van der Waals surface area contributed by atoms with Gasteiger partial charge in [-0.2, -0.15) is 0 Å². The summed E-state index contributed by atoms with van der Waals surface area (Å²) in [5.74, 6) is -0.624. The van der Waals surface area contributed by atoms with Gasteiger partial charge in [-0.1, -0.05) is 24.3 Å². The highest BCUT2D eigenvalue weighted by Crippen LogP contribution is 2.26. The first-order chi connectivity index (χ1) is 12.7. The lowest BCUT2D eigenvalue weighted by atomic mass is 10.0. The highest BCUT2D eigenvalue weighted by atomic mass is 19.1. The summed E-state index contributed by atoms with van der Waals surface area (Å²) in [5, 5.41) is 4.46. The summed E-state index contributed by atoms with van der Waals surface area (Å²) >= 11 is 0. The minimum atomic E-state index is -0.394. The molecule has 0 bridgehead atoms. The van der Waals surface area contributed by atoms with Crippen molar-refractivity contribution in [1.29, 1.82) is 0 Å². The van der Waals surface area contributed by atoms with E-state index in [0.717, 1.165) is 24.2 Å². The van der Waals surface area contributed by atoms with Crippen LogP contribution in [0.5, 0.6) is 0 Å². The maximum absolute atomic E-state index is 13.2.